The number of H-pyrrole nitrogens is 1. The van der Waals surface area contributed by atoms with E-state index in [0.717, 1.165) is 16.8 Å². The van der Waals surface area contributed by atoms with Crippen LogP contribution in [0.3, 0.4) is 0 Å². The van der Waals surface area contributed by atoms with E-state index in [0.29, 0.717) is 42.3 Å². The van der Waals surface area contributed by atoms with Crippen molar-refractivity contribution in [2.24, 2.45) is 5.73 Å². The van der Waals surface area contributed by atoms with Crippen molar-refractivity contribution in [2.45, 2.75) is 13.3 Å². The van der Waals surface area contributed by atoms with Gasteiger partial charge in [0.2, 0.25) is 0 Å². The van der Waals surface area contributed by atoms with Gasteiger partial charge in [-0.25, -0.2) is 4.79 Å². The van der Waals surface area contributed by atoms with E-state index >= 15 is 0 Å². The van der Waals surface area contributed by atoms with E-state index in [9.17, 15) is 9.59 Å². The van der Waals surface area contributed by atoms with Gasteiger partial charge in [0.05, 0.1) is 12.7 Å². The molecule has 1 heterocycles. The second-order valence-corrected chi connectivity index (χ2v) is 6.83. The number of carbonyl (C=O) groups is 2. The molecule has 3 aromatic rings. The highest BCUT2D eigenvalue weighted by Gasteiger charge is 2.17. The molecule has 0 atom stereocenters. The normalized spacial score (nSPS) is 10.4. The lowest BCUT2D eigenvalue weighted by atomic mass is 10.1. The summed E-state index contributed by atoms with van der Waals surface area (Å²) in [4.78, 5) is 25.1. The summed E-state index contributed by atoms with van der Waals surface area (Å²) in [6.45, 7) is 2.83. The number of aryl methyl sites for hydroxylation is 1. The first-order chi connectivity index (χ1) is 15.0. The molecule has 0 saturated heterocycles. The number of anilines is 2. The molecule has 31 heavy (non-hydrogen) atoms. The number of hydrogen-bond acceptors (Lipinski definition) is 5. The van der Waals surface area contributed by atoms with Crippen molar-refractivity contribution in [3.63, 3.8) is 0 Å². The van der Waals surface area contributed by atoms with Gasteiger partial charge in [0.1, 0.15) is 5.75 Å². The van der Waals surface area contributed by atoms with Gasteiger partial charge >= 0.3 is 6.03 Å². The van der Waals surface area contributed by atoms with Crippen LogP contribution in [0.4, 0.5) is 16.3 Å². The van der Waals surface area contributed by atoms with Gasteiger partial charge in [0, 0.05) is 23.5 Å². The number of methoxy groups -OCH3 is 1. The van der Waals surface area contributed by atoms with Crippen molar-refractivity contribution in [2.75, 3.05) is 30.8 Å². The molecule has 0 spiro atoms. The van der Waals surface area contributed by atoms with Gasteiger partial charge in [-0.15, -0.1) is 0 Å². The number of aromatic amines is 1. The number of hydrogen-bond donors (Lipinski definition) is 5. The van der Waals surface area contributed by atoms with Gasteiger partial charge in [-0.1, -0.05) is 30.3 Å². The Labute approximate surface area is 180 Å². The highest BCUT2D eigenvalue weighted by atomic mass is 16.5. The molecule has 0 bridgehead atoms. The molecule has 0 unspecified atom stereocenters. The van der Waals surface area contributed by atoms with Crippen molar-refractivity contribution < 1.29 is 14.3 Å². The number of rotatable bonds is 8. The van der Waals surface area contributed by atoms with Gasteiger partial charge < -0.3 is 21.1 Å². The minimum absolute atomic E-state index is 0.302. The molecule has 162 valence electrons. The topological polar surface area (TPSA) is 134 Å². The third-order valence-corrected chi connectivity index (χ3v) is 4.61. The number of nitrogens with one attached hydrogen (secondary N) is 4. The number of ether oxygens (including phenoxy) is 1. The molecule has 0 radical (unpaired) electrons. The van der Waals surface area contributed by atoms with E-state index in [1.807, 2.05) is 37.3 Å². The monoisotopic (exact) mass is 422 g/mol. The third kappa shape index (κ3) is 5.40. The van der Waals surface area contributed by atoms with Crippen LogP contribution < -0.4 is 26.4 Å². The minimum Gasteiger partial charge on any atom is -0.496 e. The SMILES string of the molecule is COc1ccc(NC(=O)Nc2n[nH]c(C)c2-c2ccccc2)cc1C(=O)NCCCN. The summed E-state index contributed by atoms with van der Waals surface area (Å²) in [5.74, 6) is 0.517. The quantitative estimate of drug-likeness (QED) is 0.356. The van der Waals surface area contributed by atoms with E-state index < -0.39 is 6.03 Å². The molecular weight excluding hydrogens is 396 g/mol. The average molecular weight is 422 g/mol. The molecule has 3 amide bonds. The summed E-state index contributed by atoms with van der Waals surface area (Å²) >= 11 is 0. The maximum absolute atomic E-state index is 12.6. The Kier molecular flexibility index (Phi) is 7.23. The number of urea groups is 1. The van der Waals surface area contributed by atoms with Crippen LogP contribution in [0.1, 0.15) is 22.5 Å². The Morgan fingerprint density at radius 2 is 1.90 bits per heavy atom. The van der Waals surface area contributed by atoms with Crippen LogP contribution in [0.25, 0.3) is 11.1 Å². The van der Waals surface area contributed by atoms with E-state index in [4.69, 9.17) is 10.5 Å². The summed E-state index contributed by atoms with van der Waals surface area (Å²) < 4.78 is 5.27. The fourth-order valence-corrected chi connectivity index (χ4v) is 3.11. The highest BCUT2D eigenvalue weighted by Crippen LogP contribution is 2.29. The molecule has 1 aromatic heterocycles. The fraction of sp³-hybridized carbons (Fsp3) is 0.227. The molecule has 0 aliphatic rings. The van der Waals surface area contributed by atoms with Gasteiger partial charge in [-0.3, -0.25) is 15.2 Å². The lowest BCUT2D eigenvalue weighted by molar-refractivity contribution is 0.0950. The molecule has 0 fully saturated rings. The zero-order valence-electron chi connectivity index (χ0n) is 17.5. The van der Waals surface area contributed by atoms with Crippen molar-refractivity contribution in [3.8, 4) is 16.9 Å². The van der Waals surface area contributed by atoms with Crippen LogP contribution in [0, 0.1) is 6.92 Å². The Balaban J connectivity index is 1.74. The van der Waals surface area contributed by atoms with Crippen LogP contribution >= 0.6 is 0 Å². The number of benzene rings is 2. The van der Waals surface area contributed by atoms with Crippen LogP contribution in [0.2, 0.25) is 0 Å². The summed E-state index contributed by atoms with van der Waals surface area (Å²) in [5.41, 5.74) is 8.80. The first-order valence-electron chi connectivity index (χ1n) is 9.88. The van der Waals surface area contributed by atoms with Crippen LogP contribution in [-0.2, 0) is 0 Å². The second-order valence-electron chi connectivity index (χ2n) is 6.83. The average Bonchev–Trinajstić information content (AvgIpc) is 3.14. The highest BCUT2D eigenvalue weighted by molar-refractivity contribution is 6.03. The molecule has 0 aliphatic heterocycles. The summed E-state index contributed by atoms with van der Waals surface area (Å²) in [5, 5.41) is 15.4. The lowest BCUT2D eigenvalue weighted by Gasteiger charge is -2.12. The summed E-state index contributed by atoms with van der Waals surface area (Å²) in [6.07, 6.45) is 0.668. The Morgan fingerprint density at radius 1 is 1.13 bits per heavy atom. The molecule has 0 saturated carbocycles. The fourth-order valence-electron chi connectivity index (χ4n) is 3.11. The third-order valence-electron chi connectivity index (χ3n) is 4.61. The van der Waals surface area contributed by atoms with Gasteiger partial charge in [-0.05, 0) is 43.7 Å². The van der Waals surface area contributed by atoms with E-state index in [1.54, 1.807) is 18.2 Å². The van der Waals surface area contributed by atoms with Crippen LogP contribution in [0.5, 0.6) is 5.75 Å². The van der Waals surface area contributed by atoms with E-state index in [-0.39, 0.29) is 5.91 Å². The summed E-state index contributed by atoms with van der Waals surface area (Å²) in [7, 11) is 1.48. The maximum Gasteiger partial charge on any atom is 0.324 e. The van der Waals surface area contributed by atoms with Gasteiger partial charge in [-0.2, -0.15) is 5.10 Å². The first kappa shape index (κ1) is 21.8. The number of aromatic nitrogens is 2. The predicted octanol–water partition coefficient (Wildman–Crippen LogP) is 3.12. The van der Waals surface area contributed by atoms with E-state index in [1.165, 1.54) is 7.11 Å². The molecule has 3 rings (SSSR count). The zero-order valence-corrected chi connectivity index (χ0v) is 17.5. The largest absolute Gasteiger partial charge is 0.496 e. The van der Waals surface area contributed by atoms with Gasteiger partial charge in [0.15, 0.2) is 5.82 Å². The Bertz CT molecular complexity index is 1050. The Morgan fingerprint density at radius 3 is 2.61 bits per heavy atom. The standard InChI is InChI=1S/C22H26N6O3/c1-14-19(15-7-4-3-5-8-15)20(28-27-14)26-22(30)25-16-9-10-18(31-2)17(13-16)21(29)24-12-6-11-23/h3-5,7-10,13H,6,11-12,23H2,1-2H3,(H,24,29)(H3,25,26,27,28,30). The van der Waals surface area contributed by atoms with Crippen LogP contribution in [0.15, 0.2) is 48.5 Å². The number of carbonyl (C=O) groups excluding carboxylic acids is 2. The van der Waals surface area contributed by atoms with Crippen molar-refractivity contribution in [3.05, 3.63) is 59.8 Å². The van der Waals surface area contributed by atoms with Crippen LogP contribution in [-0.4, -0.2) is 42.3 Å². The van der Waals surface area contributed by atoms with Crippen molar-refractivity contribution in [1.29, 1.82) is 0 Å². The van der Waals surface area contributed by atoms with E-state index in [2.05, 4.69) is 26.1 Å². The van der Waals surface area contributed by atoms with Crippen molar-refractivity contribution in [1.82, 2.24) is 15.5 Å². The molecule has 2 aromatic carbocycles. The molecule has 0 aliphatic carbocycles. The number of nitrogens with zero attached hydrogens (tertiary/aromatic N) is 1. The molecule has 9 heteroatoms. The second kappa shape index (κ2) is 10.3. The smallest absolute Gasteiger partial charge is 0.324 e. The Hall–Kier alpha value is -3.85. The lowest BCUT2D eigenvalue weighted by Crippen LogP contribution is -2.26. The zero-order chi connectivity index (χ0) is 22.2. The molecule has 9 nitrogen and oxygen atoms in total. The minimum atomic E-state index is -0.483. The summed E-state index contributed by atoms with van der Waals surface area (Å²) in [6, 6.07) is 14.0. The molecule has 6 N–H and O–H groups in total. The first-order valence-corrected chi connectivity index (χ1v) is 9.88. The van der Waals surface area contributed by atoms with Gasteiger partial charge in [0.25, 0.3) is 5.91 Å². The number of nitrogens with two attached hydrogens (primary N) is 1. The molecular formula is C22H26N6O3. The van der Waals surface area contributed by atoms with Crippen molar-refractivity contribution >= 4 is 23.4 Å². The maximum atomic E-state index is 12.6. The predicted molar refractivity (Wildman–Crippen MR) is 120 cm³/mol. The number of amides is 3.